The van der Waals surface area contributed by atoms with Gasteiger partial charge < -0.3 is 10.2 Å². The third kappa shape index (κ3) is 1.09. The van der Waals surface area contributed by atoms with Gasteiger partial charge in [-0.25, -0.2) is 0 Å². The number of rotatable bonds is 0. The van der Waals surface area contributed by atoms with Gasteiger partial charge in [0.1, 0.15) is 7.05 Å². The summed E-state index contributed by atoms with van der Waals surface area (Å²) in [4.78, 5) is 0. The van der Waals surface area contributed by atoms with E-state index >= 15 is 0 Å². The average Bonchev–Trinajstić information content (AvgIpc) is 2.14. The van der Waals surface area contributed by atoms with E-state index in [1.54, 1.807) is 11.5 Å². The molecule has 3 nitrogen and oxygen atoms in total. The zero-order chi connectivity index (χ0) is 10.3. The Bertz CT molecular complexity index is 506. The Morgan fingerprint density at radius 1 is 1.21 bits per heavy atom. The third-order valence-electron chi connectivity index (χ3n) is 2.41. The minimum absolute atomic E-state index is 0.0423. The molecular formula is C11H12NO2+. The summed E-state index contributed by atoms with van der Waals surface area (Å²) in [5, 5.41) is 20.2. The van der Waals surface area contributed by atoms with Crippen LogP contribution >= 0.6 is 0 Å². The summed E-state index contributed by atoms with van der Waals surface area (Å²) < 4.78 is 1.78. The molecule has 0 aliphatic heterocycles. The maximum atomic E-state index is 9.75. The smallest absolute Gasteiger partial charge is 0.258 e. The maximum Gasteiger partial charge on any atom is 0.258 e. The van der Waals surface area contributed by atoms with Crippen LogP contribution in [-0.4, -0.2) is 10.2 Å². The van der Waals surface area contributed by atoms with Crippen molar-refractivity contribution in [1.82, 2.24) is 0 Å². The van der Waals surface area contributed by atoms with Gasteiger partial charge in [-0.3, -0.25) is 0 Å². The summed E-state index contributed by atoms with van der Waals surface area (Å²) in [7, 11) is 1.83. The lowest BCUT2D eigenvalue weighted by atomic mass is 10.1. The highest BCUT2D eigenvalue weighted by Crippen LogP contribution is 2.34. The van der Waals surface area contributed by atoms with Crippen molar-refractivity contribution in [3.05, 3.63) is 30.0 Å². The first-order valence-electron chi connectivity index (χ1n) is 4.41. The molecule has 72 valence electrons. The molecule has 1 heterocycles. The van der Waals surface area contributed by atoms with Crippen LogP contribution in [0.15, 0.2) is 24.4 Å². The molecule has 0 unspecified atom stereocenters. The number of phenolic OH excluding ortho intramolecular Hbond substituents is 2. The lowest BCUT2D eigenvalue weighted by Gasteiger charge is -2.04. The molecule has 2 rings (SSSR count). The van der Waals surface area contributed by atoms with Gasteiger partial charge in [-0.1, -0.05) is 0 Å². The number of hydrogen-bond acceptors (Lipinski definition) is 2. The van der Waals surface area contributed by atoms with Crippen LogP contribution in [0.1, 0.15) is 5.56 Å². The summed E-state index contributed by atoms with van der Waals surface area (Å²) >= 11 is 0. The van der Waals surface area contributed by atoms with Gasteiger partial charge in [0, 0.05) is 6.07 Å². The van der Waals surface area contributed by atoms with Gasteiger partial charge in [0.05, 0.1) is 5.39 Å². The molecule has 1 aromatic carbocycles. The van der Waals surface area contributed by atoms with E-state index in [-0.39, 0.29) is 11.5 Å². The van der Waals surface area contributed by atoms with Crippen LogP contribution in [0.5, 0.6) is 11.5 Å². The highest BCUT2D eigenvalue weighted by molar-refractivity contribution is 5.85. The number of pyridine rings is 1. The summed E-state index contributed by atoms with van der Waals surface area (Å²) in [6.45, 7) is 1.77. The lowest BCUT2D eigenvalue weighted by Crippen LogP contribution is -2.27. The molecular weight excluding hydrogens is 178 g/mol. The second kappa shape index (κ2) is 2.87. The predicted octanol–water partition coefficient (Wildman–Crippen LogP) is 1.38. The highest BCUT2D eigenvalue weighted by atomic mass is 16.3. The Kier molecular flexibility index (Phi) is 1.81. The summed E-state index contributed by atoms with van der Waals surface area (Å²) in [5.74, 6) is -0.0950. The third-order valence-corrected chi connectivity index (χ3v) is 2.41. The largest absolute Gasteiger partial charge is 0.504 e. The Hall–Kier alpha value is -1.77. The van der Waals surface area contributed by atoms with Crippen LogP contribution in [0.3, 0.4) is 0 Å². The molecule has 0 spiro atoms. The molecule has 2 N–H and O–H groups in total. The first-order chi connectivity index (χ1) is 6.61. The predicted molar refractivity (Wildman–Crippen MR) is 53.2 cm³/mol. The number of benzene rings is 1. The Labute approximate surface area is 81.9 Å². The summed E-state index contributed by atoms with van der Waals surface area (Å²) in [5.41, 5.74) is 1.33. The zero-order valence-corrected chi connectivity index (χ0v) is 8.15. The first-order valence-corrected chi connectivity index (χ1v) is 4.41. The number of nitrogens with zero attached hydrogens (tertiary/aromatic N) is 1. The monoisotopic (exact) mass is 190 g/mol. The van der Waals surface area contributed by atoms with Crippen molar-refractivity contribution in [2.75, 3.05) is 0 Å². The molecule has 0 saturated carbocycles. The van der Waals surface area contributed by atoms with Crippen molar-refractivity contribution in [2.24, 2.45) is 7.05 Å². The fourth-order valence-electron chi connectivity index (χ4n) is 1.65. The fraction of sp³-hybridized carbons (Fsp3) is 0.182. The second-order valence-corrected chi connectivity index (χ2v) is 3.45. The molecule has 0 radical (unpaired) electrons. The molecule has 0 saturated heterocycles. The minimum Gasteiger partial charge on any atom is -0.504 e. The van der Waals surface area contributed by atoms with E-state index in [9.17, 15) is 10.2 Å². The number of fused-ring (bicyclic) bond motifs is 1. The van der Waals surface area contributed by atoms with Crippen LogP contribution in [0, 0.1) is 6.92 Å². The molecule has 0 amide bonds. The van der Waals surface area contributed by atoms with Crippen molar-refractivity contribution >= 4 is 10.9 Å². The summed E-state index contributed by atoms with van der Waals surface area (Å²) in [6.07, 6.45) is 1.83. The van der Waals surface area contributed by atoms with Gasteiger partial charge >= 0.3 is 0 Å². The van der Waals surface area contributed by atoms with Crippen LogP contribution in [0.4, 0.5) is 0 Å². The standard InChI is InChI=1S/C11H11NO2/c1-7-6-8-4-3-5-12(2)9(8)11(14)10(7)13/h3-6,14H,1-2H3/p+1. The average molecular weight is 190 g/mol. The van der Waals surface area contributed by atoms with Gasteiger partial charge in [0.25, 0.3) is 5.52 Å². The van der Waals surface area contributed by atoms with Crippen LogP contribution < -0.4 is 4.57 Å². The number of aromatic hydroxyl groups is 2. The van der Waals surface area contributed by atoms with Gasteiger partial charge in [-0.05, 0) is 24.6 Å². The molecule has 0 aliphatic rings. The van der Waals surface area contributed by atoms with Gasteiger partial charge in [0.2, 0.25) is 5.75 Å². The SMILES string of the molecule is Cc1cc2ccc[n+](C)c2c(O)c1O. The first kappa shape index (κ1) is 8.81. The molecule has 1 aromatic heterocycles. The minimum atomic E-state index is -0.0527. The molecule has 0 atom stereocenters. The number of aryl methyl sites for hydroxylation is 2. The fourth-order valence-corrected chi connectivity index (χ4v) is 1.65. The normalized spacial score (nSPS) is 10.7. The number of phenols is 2. The number of aromatic nitrogens is 1. The van der Waals surface area contributed by atoms with E-state index in [2.05, 4.69) is 0 Å². The Morgan fingerprint density at radius 3 is 2.64 bits per heavy atom. The molecule has 0 bridgehead atoms. The second-order valence-electron chi connectivity index (χ2n) is 3.45. The summed E-state index contributed by atoms with van der Waals surface area (Å²) in [6, 6.07) is 5.66. The van der Waals surface area contributed by atoms with Gasteiger partial charge in [0.15, 0.2) is 11.9 Å². The molecule has 14 heavy (non-hydrogen) atoms. The van der Waals surface area contributed by atoms with E-state index in [0.29, 0.717) is 11.1 Å². The van der Waals surface area contributed by atoms with Crippen LogP contribution in [-0.2, 0) is 7.05 Å². The topological polar surface area (TPSA) is 44.3 Å². The van der Waals surface area contributed by atoms with Crippen molar-refractivity contribution in [3.63, 3.8) is 0 Å². The van der Waals surface area contributed by atoms with Crippen molar-refractivity contribution in [1.29, 1.82) is 0 Å². The highest BCUT2D eigenvalue weighted by Gasteiger charge is 2.15. The molecule has 0 aliphatic carbocycles. The molecule has 0 fully saturated rings. The Balaban J connectivity index is 2.99. The maximum absolute atomic E-state index is 9.75. The number of hydrogen-bond donors (Lipinski definition) is 2. The van der Waals surface area contributed by atoms with Crippen molar-refractivity contribution in [2.45, 2.75) is 6.92 Å². The molecule has 3 heteroatoms. The van der Waals surface area contributed by atoms with Crippen molar-refractivity contribution < 1.29 is 14.8 Å². The van der Waals surface area contributed by atoms with Crippen molar-refractivity contribution in [3.8, 4) is 11.5 Å². The van der Waals surface area contributed by atoms with E-state index in [1.165, 1.54) is 0 Å². The quantitative estimate of drug-likeness (QED) is 0.487. The lowest BCUT2D eigenvalue weighted by molar-refractivity contribution is -0.645. The molecule has 2 aromatic rings. The van der Waals surface area contributed by atoms with E-state index in [1.807, 2.05) is 31.4 Å². The Morgan fingerprint density at radius 2 is 1.93 bits per heavy atom. The van der Waals surface area contributed by atoms with E-state index in [4.69, 9.17) is 0 Å². The zero-order valence-electron chi connectivity index (χ0n) is 8.15. The van der Waals surface area contributed by atoms with E-state index in [0.717, 1.165) is 5.39 Å². The van der Waals surface area contributed by atoms with Gasteiger partial charge in [-0.2, -0.15) is 4.57 Å². The van der Waals surface area contributed by atoms with E-state index < -0.39 is 0 Å². The van der Waals surface area contributed by atoms with Gasteiger partial charge in [-0.15, -0.1) is 0 Å². The van der Waals surface area contributed by atoms with Crippen LogP contribution in [0.25, 0.3) is 10.9 Å². The van der Waals surface area contributed by atoms with Crippen LogP contribution in [0.2, 0.25) is 0 Å².